The van der Waals surface area contributed by atoms with E-state index >= 15 is 0 Å². The van der Waals surface area contributed by atoms with E-state index in [-0.39, 0.29) is 29.8 Å². The number of hydrogen-bond donors (Lipinski definition) is 2. The van der Waals surface area contributed by atoms with Crippen molar-refractivity contribution in [1.82, 2.24) is 10.2 Å². The summed E-state index contributed by atoms with van der Waals surface area (Å²) in [6.45, 7) is 5.52. The standard InChI is InChI=1S/C26H29N3O3S/c1-15(2)32-25(31)22-16(3)29(4)26(33)28-23(22)18-10-12-19(13-11-18)27-24(30)21-14-20(21)17-8-6-5-7-9-17/h5-13,15,20-21,23H,14H2,1-4H3,(H,27,30)(H,28,33). The molecule has 6 nitrogen and oxygen atoms in total. The van der Waals surface area contributed by atoms with E-state index in [1.54, 1.807) is 4.90 Å². The van der Waals surface area contributed by atoms with Gasteiger partial charge in [0.25, 0.3) is 0 Å². The predicted molar refractivity (Wildman–Crippen MR) is 133 cm³/mol. The number of carbonyl (C=O) groups excluding carboxylic acids is 2. The Bertz CT molecular complexity index is 1100. The lowest BCUT2D eigenvalue weighted by molar-refractivity contribution is -0.143. The molecule has 0 saturated heterocycles. The SMILES string of the molecule is CC1=C(C(=O)OC(C)C)C(c2ccc(NC(=O)C3CC3c3ccccc3)cc2)NC(=S)N1C. The number of amides is 1. The van der Waals surface area contributed by atoms with Crippen LogP contribution in [0.25, 0.3) is 0 Å². The van der Waals surface area contributed by atoms with E-state index in [1.165, 1.54) is 5.56 Å². The highest BCUT2D eigenvalue weighted by Crippen LogP contribution is 2.47. The van der Waals surface area contributed by atoms with Crippen LogP contribution in [-0.2, 0) is 14.3 Å². The van der Waals surface area contributed by atoms with Gasteiger partial charge in [-0.3, -0.25) is 4.79 Å². The Labute approximate surface area is 200 Å². The van der Waals surface area contributed by atoms with Crippen LogP contribution in [0.3, 0.4) is 0 Å². The number of hydrogen-bond acceptors (Lipinski definition) is 4. The molecule has 1 saturated carbocycles. The van der Waals surface area contributed by atoms with Crippen molar-refractivity contribution in [2.45, 2.75) is 45.3 Å². The Morgan fingerprint density at radius 1 is 1.09 bits per heavy atom. The normalized spacial score (nSPS) is 22.2. The second-order valence-electron chi connectivity index (χ2n) is 8.87. The molecule has 0 aromatic heterocycles. The third kappa shape index (κ3) is 4.93. The fourth-order valence-corrected chi connectivity index (χ4v) is 4.43. The van der Waals surface area contributed by atoms with Crippen molar-refractivity contribution in [2.75, 3.05) is 12.4 Å². The zero-order chi connectivity index (χ0) is 23.7. The molecule has 2 N–H and O–H groups in total. The first-order chi connectivity index (χ1) is 15.8. The van der Waals surface area contributed by atoms with Gasteiger partial charge in [-0.1, -0.05) is 42.5 Å². The van der Waals surface area contributed by atoms with Gasteiger partial charge in [0.1, 0.15) is 0 Å². The molecule has 2 aromatic rings. The number of esters is 1. The average Bonchev–Trinajstić information content (AvgIpc) is 3.59. The molecule has 3 atom stereocenters. The number of carbonyl (C=O) groups is 2. The Morgan fingerprint density at radius 3 is 2.39 bits per heavy atom. The summed E-state index contributed by atoms with van der Waals surface area (Å²) in [7, 11) is 1.82. The topological polar surface area (TPSA) is 70.7 Å². The Balaban J connectivity index is 1.48. The molecule has 0 bridgehead atoms. The van der Waals surface area contributed by atoms with Gasteiger partial charge in [-0.25, -0.2) is 4.79 Å². The molecule has 7 heteroatoms. The third-order valence-electron chi connectivity index (χ3n) is 6.18. The van der Waals surface area contributed by atoms with Gasteiger partial charge in [-0.15, -0.1) is 0 Å². The Morgan fingerprint density at radius 2 is 1.76 bits per heavy atom. The van der Waals surface area contributed by atoms with E-state index in [0.717, 1.165) is 23.4 Å². The van der Waals surface area contributed by atoms with E-state index in [9.17, 15) is 9.59 Å². The average molecular weight is 464 g/mol. The number of ether oxygens (including phenoxy) is 1. The van der Waals surface area contributed by atoms with Crippen LogP contribution < -0.4 is 10.6 Å². The molecule has 4 rings (SSSR count). The zero-order valence-corrected chi connectivity index (χ0v) is 20.1. The van der Waals surface area contributed by atoms with Gasteiger partial charge in [0.05, 0.1) is 17.7 Å². The fourth-order valence-electron chi connectivity index (χ4n) is 4.17. The summed E-state index contributed by atoms with van der Waals surface area (Å²) in [5.41, 5.74) is 4.09. The van der Waals surface area contributed by atoms with E-state index < -0.39 is 6.04 Å². The molecule has 172 valence electrons. The second kappa shape index (κ2) is 9.35. The van der Waals surface area contributed by atoms with E-state index in [4.69, 9.17) is 17.0 Å². The Kier molecular flexibility index (Phi) is 6.51. The fraction of sp³-hybridized carbons (Fsp3) is 0.346. The summed E-state index contributed by atoms with van der Waals surface area (Å²) in [6, 6.07) is 17.2. The first-order valence-electron chi connectivity index (χ1n) is 11.2. The van der Waals surface area contributed by atoms with Gasteiger partial charge in [0.15, 0.2) is 5.11 Å². The molecule has 1 heterocycles. The van der Waals surface area contributed by atoms with Gasteiger partial charge in [-0.2, -0.15) is 0 Å². The minimum absolute atomic E-state index is 0.00277. The van der Waals surface area contributed by atoms with Crippen molar-refractivity contribution in [3.63, 3.8) is 0 Å². The lowest BCUT2D eigenvalue weighted by Gasteiger charge is -2.35. The lowest BCUT2D eigenvalue weighted by Crippen LogP contribution is -2.46. The molecule has 1 aliphatic heterocycles. The first kappa shape index (κ1) is 23.0. The maximum Gasteiger partial charge on any atom is 0.338 e. The molecule has 0 spiro atoms. The predicted octanol–water partition coefficient (Wildman–Crippen LogP) is 4.52. The molecule has 0 radical (unpaired) electrons. The van der Waals surface area contributed by atoms with Crippen LogP contribution in [0.2, 0.25) is 0 Å². The monoisotopic (exact) mass is 463 g/mol. The molecular formula is C26H29N3O3S. The van der Waals surface area contributed by atoms with Crippen molar-refractivity contribution >= 4 is 34.9 Å². The molecular weight excluding hydrogens is 434 g/mol. The van der Waals surface area contributed by atoms with Crippen LogP contribution in [0.1, 0.15) is 50.3 Å². The number of nitrogens with zero attached hydrogens (tertiary/aromatic N) is 1. The number of anilines is 1. The summed E-state index contributed by atoms with van der Waals surface area (Å²) in [4.78, 5) is 27.3. The molecule has 2 aliphatic rings. The van der Waals surface area contributed by atoms with Crippen LogP contribution in [0.4, 0.5) is 5.69 Å². The number of rotatable bonds is 6. The van der Waals surface area contributed by atoms with Crippen molar-refractivity contribution in [2.24, 2.45) is 5.92 Å². The van der Waals surface area contributed by atoms with Crippen LogP contribution >= 0.6 is 12.2 Å². The van der Waals surface area contributed by atoms with Gasteiger partial charge in [0.2, 0.25) is 5.91 Å². The molecule has 1 aliphatic carbocycles. The van der Waals surface area contributed by atoms with Gasteiger partial charge in [-0.05, 0) is 68.6 Å². The number of nitrogens with one attached hydrogen (secondary N) is 2. The summed E-state index contributed by atoms with van der Waals surface area (Å²) >= 11 is 5.45. The van der Waals surface area contributed by atoms with Crippen LogP contribution in [0, 0.1) is 5.92 Å². The summed E-state index contributed by atoms with van der Waals surface area (Å²) in [5, 5.41) is 6.80. The molecule has 2 aromatic carbocycles. The Hall–Kier alpha value is -3.19. The van der Waals surface area contributed by atoms with Crippen molar-refractivity contribution < 1.29 is 14.3 Å². The molecule has 1 amide bonds. The minimum atomic E-state index is -0.421. The molecule has 33 heavy (non-hydrogen) atoms. The van der Waals surface area contributed by atoms with Crippen molar-refractivity contribution in [3.8, 4) is 0 Å². The second-order valence-corrected chi connectivity index (χ2v) is 9.25. The number of benzene rings is 2. The van der Waals surface area contributed by atoms with E-state index in [2.05, 4.69) is 22.8 Å². The molecule has 3 unspecified atom stereocenters. The largest absolute Gasteiger partial charge is 0.459 e. The van der Waals surface area contributed by atoms with E-state index in [0.29, 0.717) is 10.7 Å². The van der Waals surface area contributed by atoms with Gasteiger partial charge >= 0.3 is 5.97 Å². The summed E-state index contributed by atoms with van der Waals surface area (Å²) < 4.78 is 5.49. The van der Waals surface area contributed by atoms with E-state index in [1.807, 2.05) is 70.3 Å². The summed E-state index contributed by atoms with van der Waals surface area (Å²) in [5.74, 6) is -0.0416. The zero-order valence-electron chi connectivity index (χ0n) is 19.3. The highest BCUT2D eigenvalue weighted by atomic mass is 32.1. The maximum absolute atomic E-state index is 12.8. The third-order valence-corrected chi connectivity index (χ3v) is 6.57. The smallest absolute Gasteiger partial charge is 0.338 e. The summed E-state index contributed by atoms with van der Waals surface area (Å²) in [6.07, 6.45) is 0.647. The van der Waals surface area contributed by atoms with Crippen molar-refractivity contribution in [1.29, 1.82) is 0 Å². The lowest BCUT2D eigenvalue weighted by atomic mass is 9.95. The van der Waals surface area contributed by atoms with Crippen LogP contribution in [0.15, 0.2) is 65.9 Å². The van der Waals surface area contributed by atoms with Crippen molar-refractivity contribution in [3.05, 3.63) is 77.0 Å². The number of thiocarbonyl (C=S) groups is 1. The highest BCUT2D eigenvalue weighted by Gasteiger charge is 2.43. The highest BCUT2D eigenvalue weighted by molar-refractivity contribution is 7.80. The van der Waals surface area contributed by atoms with Crippen LogP contribution in [-0.4, -0.2) is 35.0 Å². The first-order valence-corrected chi connectivity index (χ1v) is 11.6. The number of allylic oxidation sites excluding steroid dienone is 1. The minimum Gasteiger partial charge on any atom is -0.459 e. The molecule has 1 fully saturated rings. The quantitative estimate of drug-likeness (QED) is 0.485. The van der Waals surface area contributed by atoms with Crippen LogP contribution in [0.5, 0.6) is 0 Å². The van der Waals surface area contributed by atoms with Gasteiger partial charge in [0, 0.05) is 24.4 Å². The maximum atomic E-state index is 12.8. The van der Waals surface area contributed by atoms with Gasteiger partial charge < -0.3 is 20.3 Å².